The van der Waals surface area contributed by atoms with Crippen LogP contribution in [-0.4, -0.2) is 58.5 Å². The molecule has 1 aromatic carbocycles. The third kappa shape index (κ3) is 3.76. The Kier molecular flexibility index (Phi) is 5.55. The maximum absolute atomic E-state index is 13.3. The number of hydrogen-bond acceptors (Lipinski definition) is 6. The van der Waals surface area contributed by atoms with Gasteiger partial charge in [0.1, 0.15) is 12.1 Å². The summed E-state index contributed by atoms with van der Waals surface area (Å²) in [4.78, 5) is 24.6. The van der Waals surface area contributed by atoms with Gasteiger partial charge in [-0.25, -0.2) is 14.6 Å². The maximum Gasteiger partial charge on any atom is 0.230 e. The van der Waals surface area contributed by atoms with Crippen molar-refractivity contribution in [3.05, 3.63) is 48.4 Å². The Morgan fingerprint density at radius 1 is 1.10 bits per heavy atom. The Morgan fingerprint density at radius 3 is 2.65 bits per heavy atom. The molecule has 5 rings (SSSR count). The number of ether oxygens (including phenoxy) is 1. The van der Waals surface area contributed by atoms with Crippen molar-refractivity contribution in [1.29, 1.82) is 0 Å². The largest absolute Gasteiger partial charge is 0.381 e. The lowest BCUT2D eigenvalue weighted by molar-refractivity contribution is -0.130. The van der Waals surface area contributed by atoms with Crippen molar-refractivity contribution in [3.63, 3.8) is 0 Å². The molecule has 0 bridgehead atoms. The van der Waals surface area contributed by atoms with E-state index < -0.39 is 5.41 Å². The van der Waals surface area contributed by atoms with Crippen molar-refractivity contribution >= 4 is 22.8 Å². The molecule has 31 heavy (non-hydrogen) atoms. The van der Waals surface area contributed by atoms with E-state index in [1.165, 1.54) is 12.8 Å². The van der Waals surface area contributed by atoms with Gasteiger partial charge in [0.05, 0.1) is 23.5 Å². The molecular weight excluding hydrogens is 392 g/mol. The fourth-order valence-electron chi connectivity index (χ4n) is 4.79. The molecule has 2 aliphatic rings. The molecule has 0 saturated carbocycles. The maximum atomic E-state index is 13.3. The van der Waals surface area contributed by atoms with E-state index in [4.69, 9.17) is 4.74 Å². The molecule has 0 spiro atoms. The predicted octanol–water partition coefficient (Wildman–Crippen LogP) is 2.29. The molecule has 2 saturated heterocycles. The van der Waals surface area contributed by atoms with E-state index in [2.05, 4.69) is 25.3 Å². The second kappa shape index (κ2) is 8.63. The molecule has 0 atom stereocenters. The lowest BCUT2D eigenvalue weighted by Gasteiger charge is -2.36. The molecule has 2 aromatic heterocycles. The number of carbonyl (C=O) groups is 1. The minimum atomic E-state index is -0.531. The number of hydrogen-bond donors (Lipinski definition) is 1. The van der Waals surface area contributed by atoms with E-state index >= 15 is 0 Å². The SMILES string of the molecule is O=C(NCCn1ncc2c(N3CCCC3)ncnc21)C1(c2ccccc2)CCOCC1. The molecule has 1 amide bonds. The standard InChI is InChI=1S/C23H28N6O2/c30-22(23(8-14-31-15-9-23)18-6-2-1-3-7-18)24-10-13-29-21-19(16-27-29)20(25-17-26-21)28-11-4-5-12-28/h1-3,6-7,16-17H,4-5,8-15H2,(H,24,30). The molecular formula is C23H28N6O2. The summed E-state index contributed by atoms with van der Waals surface area (Å²) in [6, 6.07) is 10.1. The number of fused-ring (bicyclic) bond motifs is 1. The molecule has 8 heteroatoms. The van der Waals surface area contributed by atoms with Gasteiger partial charge in [-0.05, 0) is 31.2 Å². The van der Waals surface area contributed by atoms with Gasteiger partial charge in [-0.15, -0.1) is 0 Å². The van der Waals surface area contributed by atoms with Crippen molar-refractivity contribution in [3.8, 4) is 0 Å². The van der Waals surface area contributed by atoms with Gasteiger partial charge in [0, 0.05) is 32.8 Å². The fraction of sp³-hybridized carbons (Fsp3) is 0.478. The van der Waals surface area contributed by atoms with Crippen molar-refractivity contribution in [2.24, 2.45) is 0 Å². The van der Waals surface area contributed by atoms with Crippen LogP contribution in [-0.2, 0) is 21.5 Å². The average molecular weight is 421 g/mol. The summed E-state index contributed by atoms with van der Waals surface area (Å²) in [5.74, 6) is 1.02. The van der Waals surface area contributed by atoms with Crippen LogP contribution >= 0.6 is 0 Å². The normalized spacial score (nSPS) is 18.4. The van der Waals surface area contributed by atoms with Gasteiger partial charge < -0.3 is 15.0 Å². The minimum absolute atomic E-state index is 0.0610. The van der Waals surface area contributed by atoms with Crippen LogP contribution in [0.3, 0.4) is 0 Å². The van der Waals surface area contributed by atoms with E-state index in [-0.39, 0.29) is 5.91 Å². The lowest BCUT2D eigenvalue weighted by atomic mass is 9.73. The molecule has 3 aromatic rings. The summed E-state index contributed by atoms with van der Waals surface area (Å²) in [5.41, 5.74) is 1.34. The van der Waals surface area contributed by atoms with Gasteiger partial charge in [0.15, 0.2) is 5.65 Å². The van der Waals surface area contributed by atoms with E-state index in [0.717, 1.165) is 35.5 Å². The molecule has 2 fully saturated rings. The Hall–Kier alpha value is -3.00. The smallest absolute Gasteiger partial charge is 0.230 e. The highest BCUT2D eigenvalue weighted by Gasteiger charge is 2.41. The van der Waals surface area contributed by atoms with Gasteiger partial charge in [0.25, 0.3) is 0 Å². The number of anilines is 1. The molecule has 1 N–H and O–H groups in total. The Balaban J connectivity index is 1.30. The number of aromatic nitrogens is 4. The second-order valence-corrected chi connectivity index (χ2v) is 8.31. The van der Waals surface area contributed by atoms with Crippen LogP contribution in [0.5, 0.6) is 0 Å². The van der Waals surface area contributed by atoms with Crippen LogP contribution in [0.25, 0.3) is 11.0 Å². The number of nitrogens with zero attached hydrogens (tertiary/aromatic N) is 5. The number of carbonyl (C=O) groups excluding carboxylic acids is 1. The van der Waals surface area contributed by atoms with E-state index in [9.17, 15) is 4.79 Å². The summed E-state index contributed by atoms with van der Waals surface area (Å²) in [5, 5.41) is 8.66. The van der Waals surface area contributed by atoms with Crippen molar-refractivity contribution in [2.75, 3.05) is 37.7 Å². The molecule has 0 radical (unpaired) electrons. The third-order valence-corrected chi connectivity index (χ3v) is 6.53. The first kappa shape index (κ1) is 19.9. The molecule has 4 heterocycles. The topological polar surface area (TPSA) is 85.2 Å². The number of benzene rings is 1. The summed E-state index contributed by atoms with van der Waals surface area (Å²) >= 11 is 0. The zero-order valence-electron chi connectivity index (χ0n) is 17.7. The van der Waals surface area contributed by atoms with Crippen molar-refractivity contribution in [2.45, 2.75) is 37.6 Å². The molecule has 2 aliphatic heterocycles. The third-order valence-electron chi connectivity index (χ3n) is 6.53. The fourth-order valence-corrected chi connectivity index (χ4v) is 4.79. The Bertz CT molecular complexity index is 1040. The van der Waals surface area contributed by atoms with Crippen LogP contribution in [0.15, 0.2) is 42.9 Å². The first-order valence-electron chi connectivity index (χ1n) is 11.1. The summed E-state index contributed by atoms with van der Waals surface area (Å²) in [6.07, 6.45) is 7.23. The Morgan fingerprint density at radius 2 is 1.87 bits per heavy atom. The van der Waals surface area contributed by atoms with E-state index in [0.29, 0.717) is 39.1 Å². The van der Waals surface area contributed by atoms with Crippen molar-refractivity contribution in [1.82, 2.24) is 25.1 Å². The minimum Gasteiger partial charge on any atom is -0.381 e. The highest BCUT2D eigenvalue weighted by Crippen LogP contribution is 2.35. The van der Waals surface area contributed by atoms with Crippen LogP contribution in [0, 0.1) is 0 Å². The first-order chi connectivity index (χ1) is 15.3. The zero-order chi connectivity index (χ0) is 21.1. The zero-order valence-corrected chi connectivity index (χ0v) is 17.7. The molecule has 0 aliphatic carbocycles. The van der Waals surface area contributed by atoms with Gasteiger partial charge in [-0.1, -0.05) is 30.3 Å². The highest BCUT2D eigenvalue weighted by molar-refractivity contribution is 5.88. The van der Waals surface area contributed by atoms with Gasteiger partial charge in [0.2, 0.25) is 5.91 Å². The van der Waals surface area contributed by atoms with Gasteiger partial charge in [-0.3, -0.25) is 4.79 Å². The van der Waals surface area contributed by atoms with Crippen LogP contribution in [0.2, 0.25) is 0 Å². The van der Waals surface area contributed by atoms with Gasteiger partial charge in [-0.2, -0.15) is 5.10 Å². The van der Waals surface area contributed by atoms with Gasteiger partial charge >= 0.3 is 0 Å². The first-order valence-corrected chi connectivity index (χ1v) is 11.1. The molecule has 162 valence electrons. The average Bonchev–Trinajstić information content (AvgIpc) is 3.50. The monoisotopic (exact) mass is 420 g/mol. The summed E-state index contributed by atoms with van der Waals surface area (Å²) in [6.45, 7) is 4.31. The number of nitrogens with one attached hydrogen (secondary N) is 1. The molecule has 8 nitrogen and oxygen atoms in total. The van der Waals surface area contributed by atoms with E-state index in [1.807, 2.05) is 41.2 Å². The quantitative estimate of drug-likeness (QED) is 0.659. The van der Waals surface area contributed by atoms with E-state index in [1.54, 1.807) is 6.33 Å². The lowest BCUT2D eigenvalue weighted by Crippen LogP contribution is -2.48. The van der Waals surface area contributed by atoms with Crippen LogP contribution in [0.4, 0.5) is 5.82 Å². The van der Waals surface area contributed by atoms with Crippen LogP contribution in [0.1, 0.15) is 31.2 Å². The molecule has 0 unspecified atom stereocenters. The second-order valence-electron chi connectivity index (χ2n) is 8.31. The summed E-state index contributed by atoms with van der Waals surface area (Å²) < 4.78 is 7.41. The van der Waals surface area contributed by atoms with Crippen LogP contribution < -0.4 is 10.2 Å². The predicted molar refractivity (Wildman–Crippen MR) is 118 cm³/mol. The number of amides is 1. The highest BCUT2D eigenvalue weighted by atomic mass is 16.5. The van der Waals surface area contributed by atoms with Crippen molar-refractivity contribution < 1.29 is 9.53 Å². The Labute approximate surface area is 181 Å². The summed E-state index contributed by atoms with van der Waals surface area (Å²) in [7, 11) is 0. The number of rotatable bonds is 6.